The molecule has 0 bridgehead atoms. The Morgan fingerprint density at radius 1 is 1.40 bits per heavy atom. The standard InChI is InChI=1S/C12H16N2.ClH/c1-14-8-10-7-13-6-5-9-3-2-4-11(14)12(9)10;/h2-4,10,13H,5-8H2,1H3;1H. The zero-order chi connectivity index (χ0) is 9.54. The number of nitrogens with zero attached hydrogens (tertiary/aromatic N) is 1. The van der Waals surface area contributed by atoms with Crippen LogP contribution in [-0.4, -0.2) is 26.7 Å². The Hall–Kier alpha value is -0.730. The topological polar surface area (TPSA) is 15.3 Å². The summed E-state index contributed by atoms with van der Waals surface area (Å²) in [6.07, 6.45) is 1.19. The molecule has 1 unspecified atom stereocenters. The van der Waals surface area contributed by atoms with Crippen molar-refractivity contribution in [3.8, 4) is 0 Å². The highest BCUT2D eigenvalue weighted by Gasteiger charge is 2.29. The largest absolute Gasteiger partial charge is 0.374 e. The van der Waals surface area contributed by atoms with Gasteiger partial charge in [0.1, 0.15) is 0 Å². The molecule has 0 spiro atoms. The van der Waals surface area contributed by atoms with Crippen LogP contribution in [-0.2, 0) is 6.42 Å². The van der Waals surface area contributed by atoms with Gasteiger partial charge in [-0.15, -0.1) is 12.4 Å². The first kappa shape index (κ1) is 10.8. The van der Waals surface area contributed by atoms with Crippen molar-refractivity contribution in [3.05, 3.63) is 29.3 Å². The van der Waals surface area contributed by atoms with Gasteiger partial charge in [-0.2, -0.15) is 0 Å². The molecule has 82 valence electrons. The Kier molecular flexibility index (Phi) is 2.89. The van der Waals surface area contributed by atoms with Gasteiger partial charge in [0.05, 0.1) is 0 Å². The van der Waals surface area contributed by atoms with Crippen molar-refractivity contribution in [2.45, 2.75) is 12.3 Å². The summed E-state index contributed by atoms with van der Waals surface area (Å²) >= 11 is 0. The van der Waals surface area contributed by atoms with E-state index in [-0.39, 0.29) is 12.4 Å². The lowest BCUT2D eigenvalue weighted by atomic mass is 9.96. The molecule has 3 rings (SSSR count). The van der Waals surface area contributed by atoms with Crippen LogP contribution >= 0.6 is 12.4 Å². The molecule has 0 aromatic heterocycles. The summed E-state index contributed by atoms with van der Waals surface area (Å²) in [5.74, 6) is 0.716. The van der Waals surface area contributed by atoms with Crippen molar-refractivity contribution in [2.75, 3.05) is 31.6 Å². The molecule has 1 N–H and O–H groups in total. The Morgan fingerprint density at radius 2 is 2.27 bits per heavy atom. The predicted molar refractivity (Wildman–Crippen MR) is 66.3 cm³/mol. The third-order valence-electron chi connectivity index (χ3n) is 3.45. The van der Waals surface area contributed by atoms with Crippen LogP contribution in [0.25, 0.3) is 0 Å². The first-order valence-corrected chi connectivity index (χ1v) is 5.40. The van der Waals surface area contributed by atoms with E-state index in [1.165, 1.54) is 18.7 Å². The molecule has 2 aliphatic rings. The minimum atomic E-state index is 0. The van der Waals surface area contributed by atoms with Gasteiger partial charge >= 0.3 is 0 Å². The summed E-state index contributed by atoms with van der Waals surface area (Å²) in [7, 11) is 2.20. The zero-order valence-electron chi connectivity index (χ0n) is 8.99. The van der Waals surface area contributed by atoms with E-state index >= 15 is 0 Å². The first-order valence-electron chi connectivity index (χ1n) is 5.40. The van der Waals surface area contributed by atoms with Gasteiger partial charge in [-0.1, -0.05) is 12.1 Å². The quantitative estimate of drug-likeness (QED) is 0.723. The summed E-state index contributed by atoms with van der Waals surface area (Å²) < 4.78 is 0. The fraction of sp³-hybridized carbons (Fsp3) is 0.500. The summed E-state index contributed by atoms with van der Waals surface area (Å²) in [6.45, 7) is 3.46. The third kappa shape index (κ3) is 1.62. The van der Waals surface area contributed by atoms with E-state index in [2.05, 4.69) is 35.5 Å². The van der Waals surface area contributed by atoms with Crippen molar-refractivity contribution in [1.29, 1.82) is 0 Å². The normalized spacial score (nSPS) is 23.0. The predicted octanol–water partition coefficient (Wildman–Crippen LogP) is 1.79. The molecule has 0 aliphatic carbocycles. The third-order valence-corrected chi connectivity index (χ3v) is 3.45. The van der Waals surface area contributed by atoms with Crippen molar-refractivity contribution in [1.82, 2.24) is 5.32 Å². The van der Waals surface area contributed by atoms with Crippen molar-refractivity contribution < 1.29 is 0 Å². The molecule has 1 aromatic carbocycles. The molecule has 2 heterocycles. The SMILES string of the molecule is CN1CC2CNCCc3cccc1c32.Cl. The molecule has 2 aliphatic heterocycles. The number of halogens is 1. The lowest BCUT2D eigenvalue weighted by Gasteiger charge is -2.13. The maximum atomic E-state index is 3.52. The Morgan fingerprint density at radius 3 is 3.13 bits per heavy atom. The number of hydrogen-bond donors (Lipinski definition) is 1. The Labute approximate surface area is 97.1 Å². The Bertz CT molecular complexity index is 365. The number of anilines is 1. The van der Waals surface area contributed by atoms with Crippen LogP contribution in [0.3, 0.4) is 0 Å². The summed E-state index contributed by atoms with van der Waals surface area (Å²) in [6, 6.07) is 6.74. The van der Waals surface area contributed by atoms with Crippen LogP contribution < -0.4 is 10.2 Å². The molecule has 0 amide bonds. The van der Waals surface area contributed by atoms with E-state index in [1.54, 1.807) is 11.1 Å². The van der Waals surface area contributed by atoms with E-state index in [0.717, 1.165) is 13.1 Å². The van der Waals surface area contributed by atoms with E-state index < -0.39 is 0 Å². The van der Waals surface area contributed by atoms with Gasteiger partial charge in [-0.3, -0.25) is 0 Å². The highest BCUT2D eigenvalue weighted by atomic mass is 35.5. The van der Waals surface area contributed by atoms with Gasteiger partial charge in [0.25, 0.3) is 0 Å². The van der Waals surface area contributed by atoms with Gasteiger partial charge in [0.2, 0.25) is 0 Å². The van der Waals surface area contributed by atoms with Crippen LogP contribution in [0.15, 0.2) is 18.2 Å². The molecule has 0 fully saturated rings. The number of nitrogens with one attached hydrogen (secondary N) is 1. The average molecular weight is 225 g/mol. The van der Waals surface area contributed by atoms with Gasteiger partial charge in [-0.05, 0) is 30.2 Å². The summed E-state index contributed by atoms with van der Waals surface area (Å²) in [5.41, 5.74) is 4.62. The Balaban J connectivity index is 0.000000853. The maximum absolute atomic E-state index is 3.52. The number of benzene rings is 1. The minimum Gasteiger partial charge on any atom is -0.374 e. The van der Waals surface area contributed by atoms with Crippen LogP contribution in [0.2, 0.25) is 0 Å². The van der Waals surface area contributed by atoms with E-state index in [0.29, 0.717) is 5.92 Å². The van der Waals surface area contributed by atoms with Crippen molar-refractivity contribution in [2.24, 2.45) is 0 Å². The van der Waals surface area contributed by atoms with Crippen LogP contribution in [0.5, 0.6) is 0 Å². The van der Waals surface area contributed by atoms with E-state index in [9.17, 15) is 0 Å². The van der Waals surface area contributed by atoms with Crippen molar-refractivity contribution >= 4 is 18.1 Å². The molecular formula is C12H17ClN2. The monoisotopic (exact) mass is 224 g/mol. The fourth-order valence-corrected chi connectivity index (χ4v) is 2.81. The smallest absolute Gasteiger partial charge is 0.0403 e. The molecular weight excluding hydrogens is 208 g/mol. The van der Waals surface area contributed by atoms with Crippen molar-refractivity contribution in [3.63, 3.8) is 0 Å². The molecule has 0 saturated heterocycles. The van der Waals surface area contributed by atoms with Gasteiger partial charge in [0.15, 0.2) is 0 Å². The molecule has 0 radical (unpaired) electrons. The summed E-state index contributed by atoms with van der Waals surface area (Å²) in [5, 5.41) is 3.52. The second kappa shape index (κ2) is 4.03. The maximum Gasteiger partial charge on any atom is 0.0403 e. The van der Waals surface area contributed by atoms with Crippen LogP contribution in [0, 0.1) is 0 Å². The number of hydrogen-bond acceptors (Lipinski definition) is 2. The van der Waals surface area contributed by atoms with Gasteiger partial charge < -0.3 is 10.2 Å². The molecule has 0 saturated carbocycles. The minimum absolute atomic E-state index is 0. The molecule has 3 heteroatoms. The van der Waals surface area contributed by atoms with E-state index in [4.69, 9.17) is 0 Å². The highest BCUT2D eigenvalue weighted by molar-refractivity contribution is 5.85. The number of likely N-dealkylation sites (N-methyl/N-ethyl adjacent to an activating group) is 1. The second-order valence-corrected chi connectivity index (χ2v) is 4.38. The second-order valence-electron chi connectivity index (χ2n) is 4.38. The fourth-order valence-electron chi connectivity index (χ4n) is 2.81. The van der Waals surface area contributed by atoms with E-state index in [1.807, 2.05) is 0 Å². The molecule has 1 aromatic rings. The summed E-state index contributed by atoms with van der Waals surface area (Å²) in [4.78, 5) is 2.39. The molecule has 1 atom stereocenters. The average Bonchev–Trinajstić information content (AvgIpc) is 2.41. The zero-order valence-corrected chi connectivity index (χ0v) is 9.81. The number of rotatable bonds is 0. The molecule has 2 nitrogen and oxygen atoms in total. The first-order chi connectivity index (χ1) is 6.86. The lowest BCUT2D eigenvalue weighted by Crippen LogP contribution is -2.24. The van der Waals surface area contributed by atoms with Crippen LogP contribution in [0.4, 0.5) is 5.69 Å². The molecule has 15 heavy (non-hydrogen) atoms. The lowest BCUT2D eigenvalue weighted by molar-refractivity contribution is 0.625. The van der Waals surface area contributed by atoms with Gasteiger partial charge in [-0.25, -0.2) is 0 Å². The van der Waals surface area contributed by atoms with Crippen LogP contribution in [0.1, 0.15) is 17.0 Å². The van der Waals surface area contributed by atoms with Gasteiger partial charge in [0, 0.05) is 31.7 Å². The highest BCUT2D eigenvalue weighted by Crippen LogP contribution is 2.38.